The van der Waals surface area contributed by atoms with E-state index in [0.717, 1.165) is 24.5 Å². The van der Waals surface area contributed by atoms with Crippen molar-refractivity contribution < 1.29 is 9.59 Å². The average Bonchev–Trinajstić information content (AvgIpc) is 3.12. The smallest absolute Gasteiger partial charge is 0.237 e. The molecular weight excluding hydrogens is 342 g/mol. The minimum Gasteiger partial charge on any atom is -0.353 e. The van der Waals surface area contributed by atoms with E-state index in [1.807, 2.05) is 48.0 Å². The molecule has 144 valence electrons. The molecule has 1 fully saturated rings. The zero-order chi connectivity index (χ0) is 19.2. The van der Waals surface area contributed by atoms with Crippen molar-refractivity contribution >= 4 is 11.8 Å². The molecule has 1 aliphatic rings. The maximum Gasteiger partial charge on any atom is 0.237 e. The third kappa shape index (κ3) is 4.74. The van der Waals surface area contributed by atoms with Crippen LogP contribution in [0.1, 0.15) is 24.7 Å². The number of rotatable bonds is 7. The Labute approximate surface area is 160 Å². The quantitative estimate of drug-likeness (QED) is 0.798. The van der Waals surface area contributed by atoms with Crippen molar-refractivity contribution in [1.82, 2.24) is 24.7 Å². The van der Waals surface area contributed by atoms with Gasteiger partial charge in [-0.1, -0.05) is 30.3 Å². The number of hydrogen-bond donors (Lipinski definition) is 1. The number of amides is 2. The Morgan fingerprint density at radius 3 is 2.85 bits per heavy atom. The van der Waals surface area contributed by atoms with Crippen LogP contribution in [0.2, 0.25) is 0 Å². The van der Waals surface area contributed by atoms with E-state index in [4.69, 9.17) is 0 Å². The zero-order valence-corrected chi connectivity index (χ0v) is 16.0. The van der Waals surface area contributed by atoms with E-state index in [9.17, 15) is 9.59 Å². The molecule has 0 radical (unpaired) electrons. The van der Waals surface area contributed by atoms with Gasteiger partial charge in [0, 0.05) is 45.6 Å². The highest BCUT2D eigenvalue weighted by Crippen LogP contribution is 2.15. The number of nitrogens with zero attached hydrogens (tertiary/aromatic N) is 4. The highest BCUT2D eigenvalue weighted by atomic mass is 16.2. The molecule has 0 spiro atoms. The topological polar surface area (TPSA) is 70.5 Å². The molecule has 27 heavy (non-hydrogen) atoms. The molecule has 0 aliphatic carbocycles. The second kappa shape index (κ2) is 8.81. The van der Waals surface area contributed by atoms with Crippen LogP contribution in [0, 0.1) is 0 Å². The van der Waals surface area contributed by atoms with E-state index < -0.39 is 6.04 Å². The molecule has 2 amide bonds. The number of benzene rings is 1. The minimum absolute atomic E-state index is 0.0548. The van der Waals surface area contributed by atoms with Crippen molar-refractivity contribution in [3.05, 3.63) is 54.1 Å². The van der Waals surface area contributed by atoms with Crippen molar-refractivity contribution in [1.29, 1.82) is 0 Å². The van der Waals surface area contributed by atoms with E-state index in [1.165, 1.54) is 0 Å². The van der Waals surface area contributed by atoms with E-state index in [-0.39, 0.29) is 18.2 Å². The van der Waals surface area contributed by atoms with Crippen LogP contribution in [-0.4, -0.2) is 57.3 Å². The lowest BCUT2D eigenvalue weighted by Gasteiger charge is -2.35. The van der Waals surface area contributed by atoms with Gasteiger partial charge in [-0.15, -0.1) is 0 Å². The molecule has 1 atom stereocenters. The Hall–Kier alpha value is -2.67. The second-order valence-corrected chi connectivity index (χ2v) is 6.85. The Morgan fingerprint density at radius 1 is 1.33 bits per heavy atom. The Morgan fingerprint density at radius 2 is 2.11 bits per heavy atom. The SMILES string of the molecule is CCn1ccnc1CN(C)C(=O)C[C@H]1C(=O)NCCN1Cc1ccccc1. The van der Waals surface area contributed by atoms with Crippen LogP contribution in [-0.2, 0) is 29.2 Å². The third-order valence-corrected chi connectivity index (χ3v) is 4.98. The molecule has 7 heteroatoms. The maximum absolute atomic E-state index is 12.8. The molecule has 1 N–H and O–H groups in total. The summed E-state index contributed by atoms with van der Waals surface area (Å²) in [5.41, 5.74) is 1.14. The Bertz CT molecular complexity index is 774. The first-order chi connectivity index (χ1) is 13.1. The second-order valence-electron chi connectivity index (χ2n) is 6.85. The molecule has 3 rings (SSSR count). The standard InChI is InChI=1S/C20H27N5O2/c1-3-24-11-9-21-18(24)15-23(2)19(26)13-17-20(27)22-10-12-25(17)14-16-7-5-4-6-8-16/h4-9,11,17H,3,10,12-15H2,1-2H3,(H,22,27)/t17-/m0/s1. The van der Waals surface area contributed by atoms with Crippen molar-refractivity contribution in [2.45, 2.75) is 39.0 Å². The van der Waals surface area contributed by atoms with Gasteiger partial charge in [-0.2, -0.15) is 0 Å². The lowest BCUT2D eigenvalue weighted by molar-refractivity contribution is -0.138. The van der Waals surface area contributed by atoms with Gasteiger partial charge in [0.25, 0.3) is 0 Å². The van der Waals surface area contributed by atoms with Gasteiger partial charge in [0.2, 0.25) is 11.8 Å². The van der Waals surface area contributed by atoms with Gasteiger partial charge in [0.1, 0.15) is 5.82 Å². The predicted molar refractivity (Wildman–Crippen MR) is 103 cm³/mol. The first kappa shape index (κ1) is 19.1. The minimum atomic E-state index is -0.445. The molecule has 0 bridgehead atoms. The summed E-state index contributed by atoms with van der Waals surface area (Å²) >= 11 is 0. The first-order valence-electron chi connectivity index (χ1n) is 9.38. The zero-order valence-electron chi connectivity index (χ0n) is 16.0. The number of aryl methyl sites for hydroxylation is 1. The van der Waals surface area contributed by atoms with Crippen molar-refractivity contribution in [3.8, 4) is 0 Å². The molecule has 1 saturated heterocycles. The van der Waals surface area contributed by atoms with Gasteiger partial charge in [-0.05, 0) is 12.5 Å². The molecule has 1 aliphatic heterocycles. The number of nitrogens with one attached hydrogen (secondary N) is 1. The molecule has 0 unspecified atom stereocenters. The number of aromatic nitrogens is 2. The predicted octanol–water partition coefficient (Wildman–Crippen LogP) is 1.25. The van der Waals surface area contributed by atoms with Crippen LogP contribution in [0.5, 0.6) is 0 Å². The molecule has 7 nitrogen and oxygen atoms in total. The van der Waals surface area contributed by atoms with E-state index in [0.29, 0.717) is 19.6 Å². The van der Waals surface area contributed by atoms with Gasteiger partial charge in [-0.3, -0.25) is 14.5 Å². The summed E-state index contributed by atoms with van der Waals surface area (Å²) in [5, 5.41) is 2.89. The Balaban J connectivity index is 1.65. The van der Waals surface area contributed by atoms with Gasteiger partial charge >= 0.3 is 0 Å². The number of carbonyl (C=O) groups excluding carboxylic acids is 2. The number of imidazole rings is 1. The summed E-state index contributed by atoms with van der Waals surface area (Å²) in [6, 6.07) is 9.60. The molecule has 1 aromatic carbocycles. The van der Waals surface area contributed by atoms with Gasteiger partial charge in [-0.25, -0.2) is 4.98 Å². The monoisotopic (exact) mass is 369 g/mol. The summed E-state index contributed by atoms with van der Waals surface area (Å²) in [4.78, 5) is 33.3. The van der Waals surface area contributed by atoms with Gasteiger partial charge < -0.3 is 14.8 Å². The van der Waals surface area contributed by atoms with E-state index in [2.05, 4.69) is 15.2 Å². The number of carbonyl (C=O) groups is 2. The van der Waals surface area contributed by atoms with Gasteiger partial charge in [0.15, 0.2) is 0 Å². The third-order valence-electron chi connectivity index (χ3n) is 4.98. The Kier molecular flexibility index (Phi) is 6.24. The summed E-state index contributed by atoms with van der Waals surface area (Å²) < 4.78 is 2.01. The van der Waals surface area contributed by atoms with Crippen LogP contribution in [0.25, 0.3) is 0 Å². The molecular formula is C20H27N5O2. The van der Waals surface area contributed by atoms with Crippen LogP contribution in [0.4, 0.5) is 0 Å². The van der Waals surface area contributed by atoms with Crippen LogP contribution in [0.15, 0.2) is 42.7 Å². The van der Waals surface area contributed by atoms with E-state index in [1.54, 1.807) is 18.1 Å². The average molecular weight is 369 g/mol. The summed E-state index contributed by atoms with van der Waals surface area (Å²) in [6.07, 6.45) is 3.82. The lowest BCUT2D eigenvalue weighted by atomic mass is 10.1. The first-order valence-corrected chi connectivity index (χ1v) is 9.38. The lowest BCUT2D eigenvalue weighted by Crippen LogP contribution is -2.56. The fourth-order valence-electron chi connectivity index (χ4n) is 3.39. The van der Waals surface area contributed by atoms with Crippen molar-refractivity contribution in [2.75, 3.05) is 20.1 Å². The van der Waals surface area contributed by atoms with E-state index >= 15 is 0 Å². The maximum atomic E-state index is 12.8. The molecule has 2 aromatic rings. The summed E-state index contributed by atoms with van der Waals surface area (Å²) in [6.45, 7) is 5.31. The van der Waals surface area contributed by atoms with Crippen molar-refractivity contribution in [3.63, 3.8) is 0 Å². The molecule has 0 saturated carbocycles. The highest BCUT2D eigenvalue weighted by molar-refractivity contribution is 5.88. The number of hydrogen-bond acceptors (Lipinski definition) is 4. The number of piperazine rings is 1. The molecule has 1 aromatic heterocycles. The fraction of sp³-hybridized carbons (Fsp3) is 0.450. The largest absolute Gasteiger partial charge is 0.353 e. The normalized spacial score (nSPS) is 17.6. The van der Waals surface area contributed by atoms with Crippen molar-refractivity contribution in [2.24, 2.45) is 0 Å². The molecule has 2 heterocycles. The van der Waals surface area contributed by atoms with Crippen LogP contribution in [0.3, 0.4) is 0 Å². The summed E-state index contributed by atoms with van der Waals surface area (Å²) in [5.74, 6) is 0.720. The highest BCUT2D eigenvalue weighted by Gasteiger charge is 2.32. The van der Waals surface area contributed by atoms with Crippen LogP contribution < -0.4 is 5.32 Å². The van der Waals surface area contributed by atoms with Gasteiger partial charge in [0.05, 0.1) is 19.0 Å². The summed E-state index contributed by atoms with van der Waals surface area (Å²) in [7, 11) is 1.76. The van der Waals surface area contributed by atoms with Crippen LogP contribution >= 0.6 is 0 Å². The fourth-order valence-corrected chi connectivity index (χ4v) is 3.39.